The maximum absolute atomic E-state index is 12.2. The SMILES string of the molecule is O=C1CCC(=O)N1c1nc2n(n1)[C@@H](c1ccccc1)C[C@H](c1ccc(Cl)cc1)N2. The summed E-state index contributed by atoms with van der Waals surface area (Å²) in [7, 11) is 0. The van der Waals surface area contributed by atoms with Crippen LogP contribution in [0.2, 0.25) is 5.02 Å². The van der Waals surface area contributed by atoms with Crippen LogP contribution in [0.1, 0.15) is 42.5 Å². The number of hydrogen-bond donors (Lipinski definition) is 1. The molecule has 2 aromatic carbocycles. The summed E-state index contributed by atoms with van der Waals surface area (Å²) in [5.41, 5.74) is 2.17. The Morgan fingerprint density at radius 3 is 2.31 bits per heavy atom. The number of carbonyl (C=O) groups is 2. The lowest BCUT2D eigenvalue weighted by atomic mass is 9.93. The van der Waals surface area contributed by atoms with Crippen molar-refractivity contribution in [3.8, 4) is 0 Å². The second-order valence-corrected chi connectivity index (χ2v) is 7.65. The van der Waals surface area contributed by atoms with Gasteiger partial charge in [0.05, 0.1) is 12.1 Å². The third kappa shape index (κ3) is 3.17. The summed E-state index contributed by atoms with van der Waals surface area (Å²) in [6.45, 7) is 0. The topological polar surface area (TPSA) is 80.1 Å². The summed E-state index contributed by atoms with van der Waals surface area (Å²) >= 11 is 6.04. The highest BCUT2D eigenvalue weighted by Gasteiger charge is 2.37. The fourth-order valence-electron chi connectivity index (χ4n) is 3.93. The molecule has 2 aliphatic rings. The number of hydrogen-bond acceptors (Lipinski definition) is 5. The number of benzene rings is 2. The summed E-state index contributed by atoms with van der Waals surface area (Å²) in [5.74, 6) is 0.150. The van der Waals surface area contributed by atoms with Gasteiger partial charge in [-0.15, -0.1) is 5.10 Å². The molecule has 0 aliphatic carbocycles. The minimum Gasteiger partial charge on any atom is -0.347 e. The van der Waals surface area contributed by atoms with Crippen molar-refractivity contribution >= 4 is 35.3 Å². The van der Waals surface area contributed by atoms with Gasteiger partial charge in [0.1, 0.15) is 0 Å². The molecule has 0 radical (unpaired) electrons. The zero-order chi connectivity index (χ0) is 20.0. The van der Waals surface area contributed by atoms with Gasteiger partial charge in [-0.2, -0.15) is 4.98 Å². The Balaban J connectivity index is 1.57. The largest absolute Gasteiger partial charge is 0.347 e. The highest BCUT2D eigenvalue weighted by atomic mass is 35.5. The summed E-state index contributed by atoms with van der Waals surface area (Å²) in [6.07, 6.45) is 1.14. The first kappa shape index (κ1) is 17.9. The van der Waals surface area contributed by atoms with Gasteiger partial charge >= 0.3 is 0 Å². The lowest BCUT2D eigenvalue weighted by molar-refractivity contribution is -0.121. The third-order valence-electron chi connectivity index (χ3n) is 5.39. The van der Waals surface area contributed by atoms with Crippen LogP contribution in [0.15, 0.2) is 54.6 Å². The zero-order valence-electron chi connectivity index (χ0n) is 15.5. The highest BCUT2D eigenvalue weighted by molar-refractivity contribution is 6.30. The molecule has 3 aromatic rings. The molecule has 0 spiro atoms. The van der Waals surface area contributed by atoms with Crippen molar-refractivity contribution in [2.45, 2.75) is 31.3 Å². The molecule has 0 unspecified atom stereocenters. The van der Waals surface area contributed by atoms with E-state index in [4.69, 9.17) is 11.6 Å². The van der Waals surface area contributed by atoms with Gasteiger partial charge in [0.15, 0.2) is 0 Å². The average molecular weight is 408 g/mol. The summed E-state index contributed by atoms with van der Waals surface area (Å²) < 4.78 is 1.77. The molecule has 1 saturated heterocycles. The van der Waals surface area contributed by atoms with Crippen LogP contribution in [0, 0.1) is 0 Å². The molecule has 5 rings (SSSR count). The molecule has 0 bridgehead atoms. The van der Waals surface area contributed by atoms with E-state index in [1.807, 2.05) is 54.6 Å². The predicted octanol–water partition coefficient (Wildman–Crippen LogP) is 3.73. The van der Waals surface area contributed by atoms with Crippen molar-refractivity contribution in [1.29, 1.82) is 0 Å². The molecule has 8 heteroatoms. The lowest BCUT2D eigenvalue weighted by Gasteiger charge is -2.31. The van der Waals surface area contributed by atoms with Crippen LogP contribution in [-0.4, -0.2) is 26.6 Å². The van der Waals surface area contributed by atoms with Crippen LogP contribution in [0.25, 0.3) is 0 Å². The van der Waals surface area contributed by atoms with Gasteiger partial charge in [0, 0.05) is 17.9 Å². The number of amides is 2. The number of nitrogens with zero attached hydrogens (tertiary/aromatic N) is 4. The van der Waals surface area contributed by atoms with Gasteiger partial charge in [-0.3, -0.25) is 9.59 Å². The second kappa shape index (κ2) is 7.00. The smallest absolute Gasteiger partial charge is 0.260 e. The first-order valence-electron chi connectivity index (χ1n) is 9.49. The van der Waals surface area contributed by atoms with Gasteiger partial charge in [-0.25, -0.2) is 9.58 Å². The number of rotatable bonds is 3. The van der Waals surface area contributed by atoms with Crippen molar-refractivity contribution in [3.63, 3.8) is 0 Å². The van der Waals surface area contributed by atoms with Crippen LogP contribution in [0.5, 0.6) is 0 Å². The summed E-state index contributed by atoms with van der Waals surface area (Å²) in [6, 6.07) is 17.7. The quantitative estimate of drug-likeness (QED) is 0.669. The van der Waals surface area contributed by atoms with E-state index < -0.39 is 0 Å². The molecular formula is C21H18ClN5O2. The zero-order valence-corrected chi connectivity index (χ0v) is 16.2. The van der Waals surface area contributed by atoms with Crippen molar-refractivity contribution in [2.24, 2.45) is 0 Å². The number of nitrogens with one attached hydrogen (secondary N) is 1. The van der Waals surface area contributed by atoms with Gasteiger partial charge in [0.25, 0.3) is 5.95 Å². The van der Waals surface area contributed by atoms with E-state index in [9.17, 15) is 9.59 Å². The average Bonchev–Trinajstić information content (AvgIpc) is 3.30. The van der Waals surface area contributed by atoms with E-state index in [0.717, 1.165) is 22.4 Å². The molecule has 2 aliphatic heterocycles. The lowest BCUT2D eigenvalue weighted by Crippen LogP contribution is -2.30. The Morgan fingerprint density at radius 2 is 1.62 bits per heavy atom. The van der Waals surface area contributed by atoms with Crippen molar-refractivity contribution in [2.75, 3.05) is 10.2 Å². The van der Waals surface area contributed by atoms with Crippen LogP contribution >= 0.6 is 11.6 Å². The third-order valence-corrected chi connectivity index (χ3v) is 5.64. The van der Waals surface area contributed by atoms with E-state index in [1.54, 1.807) is 4.68 Å². The molecule has 0 saturated carbocycles. The Hall–Kier alpha value is -3.19. The number of fused-ring (bicyclic) bond motifs is 1. The number of anilines is 2. The van der Waals surface area contributed by atoms with Crippen molar-refractivity contribution in [1.82, 2.24) is 14.8 Å². The summed E-state index contributed by atoms with van der Waals surface area (Å²) in [4.78, 5) is 29.9. The van der Waals surface area contributed by atoms with Crippen LogP contribution in [0.3, 0.4) is 0 Å². The Kier molecular flexibility index (Phi) is 4.32. The van der Waals surface area contributed by atoms with E-state index >= 15 is 0 Å². The highest BCUT2D eigenvalue weighted by Crippen LogP contribution is 2.39. The maximum atomic E-state index is 12.2. The normalized spacial score (nSPS) is 21.2. The fraction of sp³-hybridized carbons (Fsp3) is 0.238. The molecule has 1 fully saturated rings. The van der Waals surface area contributed by atoms with Crippen molar-refractivity contribution < 1.29 is 9.59 Å². The number of imide groups is 1. The Bertz CT molecular complexity index is 1060. The Morgan fingerprint density at radius 1 is 0.931 bits per heavy atom. The minimum atomic E-state index is -0.261. The van der Waals surface area contributed by atoms with Gasteiger partial charge in [0.2, 0.25) is 17.8 Å². The number of carbonyl (C=O) groups excluding carboxylic acids is 2. The molecule has 7 nitrogen and oxygen atoms in total. The van der Waals surface area contributed by atoms with Crippen LogP contribution in [0.4, 0.5) is 11.9 Å². The molecule has 29 heavy (non-hydrogen) atoms. The predicted molar refractivity (Wildman–Crippen MR) is 109 cm³/mol. The molecular weight excluding hydrogens is 390 g/mol. The monoisotopic (exact) mass is 407 g/mol. The van der Waals surface area contributed by atoms with E-state index in [-0.39, 0.29) is 42.7 Å². The molecule has 1 aromatic heterocycles. The molecule has 3 heterocycles. The van der Waals surface area contributed by atoms with Gasteiger partial charge < -0.3 is 5.32 Å². The fourth-order valence-corrected chi connectivity index (χ4v) is 4.05. The molecule has 2 amide bonds. The first-order chi connectivity index (χ1) is 14.1. The standard InChI is InChI=1S/C21H18ClN5O2/c22-15-8-6-13(7-9-15)16-12-17(14-4-2-1-3-5-14)27-20(23-16)24-21(25-27)26-18(28)10-11-19(26)29/h1-9,16-17H,10-12H2,(H,23,24,25)/t16-,17-/m1/s1. The molecule has 1 N–H and O–H groups in total. The maximum Gasteiger partial charge on any atom is 0.260 e. The van der Waals surface area contributed by atoms with E-state index in [0.29, 0.717) is 11.0 Å². The minimum absolute atomic E-state index is 0.00740. The van der Waals surface area contributed by atoms with Gasteiger partial charge in [-0.05, 0) is 29.7 Å². The van der Waals surface area contributed by atoms with Crippen molar-refractivity contribution in [3.05, 3.63) is 70.7 Å². The van der Waals surface area contributed by atoms with Gasteiger partial charge in [-0.1, -0.05) is 54.1 Å². The first-order valence-corrected chi connectivity index (χ1v) is 9.87. The van der Waals surface area contributed by atoms with Crippen LogP contribution < -0.4 is 10.2 Å². The Labute approximate surface area is 172 Å². The number of aromatic nitrogens is 3. The number of halogens is 1. The summed E-state index contributed by atoms with van der Waals surface area (Å²) in [5, 5.41) is 8.62. The van der Waals surface area contributed by atoms with E-state index in [1.165, 1.54) is 0 Å². The van der Waals surface area contributed by atoms with E-state index in [2.05, 4.69) is 15.4 Å². The van der Waals surface area contributed by atoms with Crippen LogP contribution in [-0.2, 0) is 9.59 Å². The molecule has 146 valence electrons. The molecule has 2 atom stereocenters. The second-order valence-electron chi connectivity index (χ2n) is 7.21.